The number of esters is 1. The Morgan fingerprint density at radius 3 is 2.38 bits per heavy atom. The van der Waals surface area contributed by atoms with Crippen LogP contribution in [-0.2, 0) is 19.7 Å². The molecule has 0 saturated carbocycles. The van der Waals surface area contributed by atoms with E-state index in [1.165, 1.54) is 11.3 Å². The molecule has 3 rings (SSSR count). The van der Waals surface area contributed by atoms with Crippen LogP contribution in [0.2, 0.25) is 0 Å². The lowest BCUT2D eigenvalue weighted by Crippen LogP contribution is -2.54. The minimum atomic E-state index is -0.589. The van der Waals surface area contributed by atoms with Crippen molar-refractivity contribution in [3.63, 3.8) is 0 Å². The molecule has 172 valence electrons. The molecule has 0 aliphatic carbocycles. The molecule has 2 aromatic rings. The second-order valence-corrected chi connectivity index (χ2v) is 9.50. The minimum absolute atomic E-state index is 0.105. The summed E-state index contributed by atoms with van der Waals surface area (Å²) in [6.07, 6.45) is 0. The molecule has 1 fully saturated rings. The Kier molecular flexibility index (Phi) is 7.69. The number of thiophene rings is 1. The third kappa shape index (κ3) is 5.55. The van der Waals surface area contributed by atoms with Crippen LogP contribution in [0.3, 0.4) is 0 Å². The molecule has 1 aliphatic rings. The summed E-state index contributed by atoms with van der Waals surface area (Å²) in [5, 5.41) is 3.51. The van der Waals surface area contributed by atoms with Crippen LogP contribution >= 0.6 is 11.3 Å². The van der Waals surface area contributed by atoms with E-state index >= 15 is 0 Å². The molecule has 2 heterocycles. The summed E-state index contributed by atoms with van der Waals surface area (Å²) in [5.74, 6) is -0.394. The van der Waals surface area contributed by atoms with Crippen molar-refractivity contribution in [1.29, 1.82) is 0 Å². The van der Waals surface area contributed by atoms with Crippen LogP contribution in [0.15, 0.2) is 36.4 Å². The van der Waals surface area contributed by atoms with Crippen molar-refractivity contribution in [2.75, 3.05) is 44.6 Å². The van der Waals surface area contributed by atoms with Gasteiger partial charge in [0, 0.05) is 26.2 Å². The van der Waals surface area contributed by atoms with Crippen molar-refractivity contribution in [2.45, 2.75) is 33.1 Å². The summed E-state index contributed by atoms with van der Waals surface area (Å²) in [5.41, 5.74) is 1.20. The molecule has 1 saturated heterocycles. The van der Waals surface area contributed by atoms with Gasteiger partial charge in [-0.05, 0) is 44.9 Å². The topological polar surface area (TPSA) is 79.0 Å². The standard InChI is InChI=1S/C24H31N3O4S/c1-5-31-22(29)21-17(2)15-20(32-21)25-19(28)16-26-11-13-27(14-12-26)23(30)24(3,4)18-9-7-6-8-10-18/h6-10,15H,5,11-14,16H2,1-4H3,(H,25,28). The highest BCUT2D eigenvalue weighted by atomic mass is 32.1. The van der Waals surface area contributed by atoms with Crippen LogP contribution in [0.25, 0.3) is 0 Å². The van der Waals surface area contributed by atoms with Crippen LogP contribution < -0.4 is 5.32 Å². The number of rotatable bonds is 7. The van der Waals surface area contributed by atoms with Gasteiger partial charge in [-0.1, -0.05) is 30.3 Å². The highest BCUT2D eigenvalue weighted by Crippen LogP contribution is 2.28. The van der Waals surface area contributed by atoms with Gasteiger partial charge in [-0.15, -0.1) is 11.3 Å². The number of benzene rings is 1. The second-order valence-electron chi connectivity index (χ2n) is 8.45. The third-order valence-corrected chi connectivity index (χ3v) is 6.83. The first-order valence-electron chi connectivity index (χ1n) is 10.9. The average molecular weight is 458 g/mol. The largest absolute Gasteiger partial charge is 0.462 e. The zero-order valence-electron chi connectivity index (χ0n) is 19.1. The van der Waals surface area contributed by atoms with E-state index < -0.39 is 5.41 Å². The van der Waals surface area contributed by atoms with Gasteiger partial charge in [0.15, 0.2) is 0 Å². The van der Waals surface area contributed by atoms with Gasteiger partial charge in [-0.3, -0.25) is 14.5 Å². The molecule has 1 aliphatic heterocycles. The summed E-state index contributed by atoms with van der Waals surface area (Å²) in [6, 6.07) is 11.6. The lowest BCUT2D eigenvalue weighted by atomic mass is 9.83. The number of ether oxygens (including phenoxy) is 1. The lowest BCUT2D eigenvalue weighted by Gasteiger charge is -2.38. The van der Waals surface area contributed by atoms with E-state index in [0.717, 1.165) is 11.1 Å². The zero-order valence-corrected chi connectivity index (χ0v) is 20.0. The first kappa shape index (κ1) is 23.9. The van der Waals surface area contributed by atoms with Gasteiger partial charge in [0.25, 0.3) is 0 Å². The van der Waals surface area contributed by atoms with Crippen LogP contribution in [-0.4, -0.2) is 66.9 Å². The number of nitrogens with zero attached hydrogens (tertiary/aromatic N) is 2. The molecule has 0 bridgehead atoms. The molecule has 1 aromatic carbocycles. The number of carbonyl (C=O) groups excluding carboxylic acids is 3. The third-order valence-electron chi connectivity index (χ3n) is 5.70. The second kappa shape index (κ2) is 10.3. The van der Waals surface area contributed by atoms with Gasteiger partial charge in [-0.2, -0.15) is 0 Å². The Bertz CT molecular complexity index is 963. The van der Waals surface area contributed by atoms with E-state index in [0.29, 0.717) is 42.7 Å². The highest BCUT2D eigenvalue weighted by Gasteiger charge is 2.35. The first-order valence-corrected chi connectivity index (χ1v) is 11.7. The quantitative estimate of drug-likeness (QED) is 0.646. The number of carbonyl (C=O) groups is 3. The molecule has 7 nitrogen and oxygen atoms in total. The summed E-state index contributed by atoms with van der Waals surface area (Å²) in [7, 11) is 0. The summed E-state index contributed by atoms with van der Waals surface area (Å²) >= 11 is 1.22. The Morgan fingerprint density at radius 1 is 1.09 bits per heavy atom. The molecule has 2 amide bonds. The molecule has 0 spiro atoms. The molecule has 1 N–H and O–H groups in total. The molecular formula is C24H31N3O4S. The number of aryl methyl sites for hydroxylation is 1. The van der Waals surface area contributed by atoms with Crippen molar-refractivity contribution in [2.24, 2.45) is 0 Å². The fourth-order valence-electron chi connectivity index (χ4n) is 3.81. The van der Waals surface area contributed by atoms with E-state index in [4.69, 9.17) is 4.74 Å². The van der Waals surface area contributed by atoms with Crippen LogP contribution in [0.1, 0.15) is 41.6 Å². The summed E-state index contributed by atoms with van der Waals surface area (Å²) in [6.45, 7) is 10.5. The van der Waals surface area contributed by atoms with E-state index in [2.05, 4.69) is 5.32 Å². The maximum atomic E-state index is 13.1. The number of hydrogen-bond donors (Lipinski definition) is 1. The van der Waals surface area contributed by atoms with E-state index in [9.17, 15) is 14.4 Å². The fraction of sp³-hybridized carbons (Fsp3) is 0.458. The van der Waals surface area contributed by atoms with Gasteiger partial charge in [0.1, 0.15) is 4.88 Å². The van der Waals surface area contributed by atoms with Gasteiger partial charge >= 0.3 is 5.97 Å². The Labute approximate surface area is 193 Å². The molecular weight excluding hydrogens is 426 g/mol. The van der Waals surface area contributed by atoms with Gasteiger partial charge in [-0.25, -0.2) is 4.79 Å². The minimum Gasteiger partial charge on any atom is -0.462 e. The smallest absolute Gasteiger partial charge is 0.348 e. The summed E-state index contributed by atoms with van der Waals surface area (Å²) < 4.78 is 5.05. The monoisotopic (exact) mass is 457 g/mol. The van der Waals surface area contributed by atoms with Crippen molar-refractivity contribution in [3.8, 4) is 0 Å². The van der Waals surface area contributed by atoms with Crippen LogP contribution in [0.4, 0.5) is 5.00 Å². The van der Waals surface area contributed by atoms with Gasteiger partial charge in [0.2, 0.25) is 11.8 Å². The van der Waals surface area contributed by atoms with Crippen molar-refractivity contribution in [3.05, 3.63) is 52.4 Å². The normalized spacial score (nSPS) is 14.8. The highest BCUT2D eigenvalue weighted by molar-refractivity contribution is 7.18. The maximum Gasteiger partial charge on any atom is 0.348 e. The van der Waals surface area contributed by atoms with Crippen molar-refractivity contribution in [1.82, 2.24) is 9.80 Å². The number of hydrogen-bond acceptors (Lipinski definition) is 6. The Balaban J connectivity index is 1.51. The van der Waals surface area contributed by atoms with E-state index in [1.807, 2.05) is 60.9 Å². The number of amides is 2. The fourth-order valence-corrected chi connectivity index (χ4v) is 4.79. The van der Waals surface area contributed by atoms with E-state index in [-0.39, 0.29) is 24.3 Å². The SMILES string of the molecule is CCOC(=O)c1sc(NC(=O)CN2CCN(C(=O)C(C)(C)c3ccccc3)CC2)cc1C. The number of anilines is 1. The molecule has 1 aromatic heterocycles. The predicted octanol–water partition coefficient (Wildman–Crippen LogP) is 3.29. The Hall–Kier alpha value is -2.71. The number of piperazine rings is 1. The maximum absolute atomic E-state index is 13.1. The molecule has 32 heavy (non-hydrogen) atoms. The number of nitrogens with one attached hydrogen (secondary N) is 1. The molecule has 8 heteroatoms. The summed E-state index contributed by atoms with van der Waals surface area (Å²) in [4.78, 5) is 42.0. The Morgan fingerprint density at radius 2 is 1.75 bits per heavy atom. The first-order chi connectivity index (χ1) is 15.2. The van der Waals surface area contributed by atoms with Crippen LogP contribution in [0.5, 0.6) is 0 Å². The predicted molar refractivity (Wildman–Crippen MR) is 126 cm³/mol. The molecule has 0 radical (unpaired) electrons. The lowest BCUT2D eigenvalue weighted by molar-refractivity contribution is -0.138. The molecule has 0 unspecified atom stereocenters. The zero-order chi connectivity index (χ0) is 23.3. The van der Waals surface area contributed by atoms with E-state index in [1.54, 1.807) is 13.0 Å². The van der Waals surface area contributed by atoms with Crippen LogP contribution in [0, 0.1) is 6.92 Å². The van der Waals surface area contributed by atoms with Crippen molar-refractivity contribution >= 4 is 34.1 Å². The average Bonchev–Trinajstić information content (AvgIpc) is 3.14. The molecule has 0 atom stereocenters. The van der Waals surface area contributed by atoms with Gasteiger partial charge in [0.05, 0.1) is 23.6 Å². The van der Waals surface area contributed by atoms with Crippen molar-refractivity contribution < 1.29 is 19.1 Å². The van der Waals surface area contributed by atoms with Gasteiger partial charge < -0.3 is 15.0 Å².